The molecule has 1 aliphatic rings. The van der Waals surface area contributed by atoms with Gasteiger partial charge in [0.2, 0.25) is 17.1 Å². The van der Waals surface area contributed by atoms with Crippen molar-refractivity contribution < 1.29 is 18.7 Å². The number of benzene rings is 1. The number of aryl methyl sites for hydroxylation is 1. The molecule has 0 spiro atoms. The monoisotopic (exact) mass is 356 g/mol. The van der Waals surface area contributed by atoms with Crippen LogP contribution in [0.15, 0.2) is 45.8 Å². The van der Waals surface area contributed by atoms with E-state index in [4.69, 9.17) is 9.15 Å². The van der Waals surface area contributed by atoms with Gasteiger partial charge in [-0.3, -0.25) is 14.4 Å². The van der Waals surface area contributed by atoms with E-state index in [1.54, 1.807) is 14.0 Å². The SMILES string of the molecule is CNC(=O)C1Cc2ccccc2CN1C(=O)COc1coc(C)cc1=O. The molecule has 26 heavy (non-hydrogen) atoms. The molecule has 1 unspecified atom stereocenters. The molecule has 136 valence electrons. The van der Waals surface area contributed by atoms with E-state index in [-0.39, 0.29) is 29.6 Å². The normalized spacial score (nSPS) is 15.9. The number of carbonyl (C=O) groups excluding carboxylic acids is 2. The summed E-state index contributed by atoms with van der Waals surface area (Å²) in [6, 6.07) is 8.39. The maximum absolute atomic E-state index is 12.7. The van der Waals surface area contributed by atoms with Gasteiger partial charge in [-0.25, -0.2) is 0 Å². The van der Waals surface area contributed by atoms with Crippen LogP contribution in [0.1, 0.15) is 16.9 Å². The van der Waals surface area contributed by atoms with Crippen LogP contribution in [-0.2, 0) is 22.6 Å². The fraction of sp³-hybridized carbons (Fsp3) is 0.316. The Labute approximate surface area is 150 Å². The predicted molar refractivity (Wildman–Crippen MR) is 93.8 cm³/mol. The van der Waals surface area contributed by atoms with Gasteiger partial charge in [-0.2, -0.15) is 0 Å². The van der Waals surface area contributed by atoms with Crippen molar-refractivity contribution in [3.8, 4) is 5.75 Å². The maximum Gasteiger partial charge on any atom is 0.261 e. The van der Waals surface area contributed by atoms with Crippen LogP contribution < -0.4 is 15.5 Å². The van der Waals surface area contributed by atoms with Gasteiger partial charge in [-0.1, -0.05) is 24.3 Å². The van der Waals surface area contributed by atoms with Crippen molar-refractivity contribution in [3.63, 3.8) is 0 Å². The zero-order valence-corrected chi connectivity index (χ0v) is 14.7. The first-order valence-electron chi connectivity index (χ1n) is 8.29. The number of fused-ring (bicyclic) bond motifs is 1. The van der Waals surface area contributed by atoms with Gasteiger partial charge >= 0.3 is 0 Å². The van der Waals surface area contributed by atoms with Crippen LogP contribution in [0.25, 0.3) is 0 Å². The minimum Gasteiger partial charge on any atom is -0.477 e. The molecule has 2 heterocycles. The third-order valence-corrected chi connectivity index (χ3v) is 4.40. The highest BCUT2D eigenvalue weighted by atomic mass is 16.5. The van der Waals surface area contributed by atoms with Crippen LogP contribution in [0.5, 0.6) is 5.75 Å². The van der Waals surface area contributed by atoms with E-state index in [2.05, 4.69) is 5.32 Å². The zero-order chi connectivity index (χ0) is 18.7. The van der Waals surface area contributed by atoms with E-state index in [1.807, 2.05) is 24.3 Å². The highest BCUT2D eigenvalue weighted by molar-refractivity contribution is 5.88. The van der Waals surface area contributed by atoms with E-state index in [0.717, 1.165) is 11.1 Å². The number of likely N-dealkylation sites (N-methyl/N-ethyl adjacent to an activating group) is 1. The maximum atomic E-state index is 12.7. The molecule has 2 aromatic rings. The molecule has 1 aromatic heterocycles. The summed E-state index contributed by atoms with van der Waals surface area (Å²) in [5, 5.41) is 2.60. The highest BCUT2D eigenvalue weighted by Crippen LogP contribution is 2.23. The quantitative estimate of drug-likeness (QED) is 0.884. The molecular formula is C19H20N2O5. The van der Waals surface area contributed by atoms with Gasteiger partial charge in [0.25, 0.3) is 5.91 Å². The first-order chi connectivity index (χ1) is 12.5. The Morgan fingerprint density at radius 3 is 2.73 bits per heavy atom. The topological polar surface area (TPSA) is 88.8 Å². The minimum absolute atomic E-state index is 0.0298. The molecule has 1 aliphatic heterocycles. The molecule has 0 saturated heterocycles. The van der Waals surface area contributed by atoms with Crippen LogP contribution in [0.4, 0.5) is 0 Å². The predicted octanol–water partition coefficient (Wildman–Crippen LogP) is 1.03. The summed E-state index contributed by atoms with van der Waals surface area (Å²) >= 11 is 0. The van der Waals surface area contributed by atoms with Crippen LogP contribution >= 0.6 is 0 Å². The summed E-state index contributed by atoms with van der Waals surface area (Å²) in [6.07, 6.45) is 1.63. The van der Waals surface area contributed by atoms with E-state index in [1.165, 1.54) is 17.2 Å². The van der Waals surface area contributed by atoms with Crippen molar-refractivity contribution in [2.45, 2.75) is 25.9 Å². The molecule has 3 rings (SSSR count). The van der Waals surface area contributed by atoms with E-state index in [9.17, 15) is 14.4 Å². The number of rotatable bonds is 4. The lowest BCUT2D eigenvalue weighted by atomic mass is 9.93. The summed E-state index contributed by atoms with van der Waals surface area (Å²) < 4.78 is 10.5. The summed E-state index contributed by atoms with van der Waals surface area (Å²) in [7, 11) is 1.54. The number of ether oxygens (including phenoxy) is 1. The molecule has 0 saturated carbocycles. The highest BCUT2D eigenvalue weighted by Gasteiger charge is 2.34. The van der Waals surface area contributed by atoms with Crippen LogP contribution in [0.2, 0.25) is 0 Å². The third-order valence-electron chi connectivity index (χ3n) is 4.40. The Hall–Kier alpha value is -3.09. The number of hydrogen-bond donors (Lipinski definition) is 1. The Kier molecular flexibility index (Phi) is 5.06. The van der Waals surface area contributed by atoms with Crippen molar-refractivity contribution in [1.82, 2.24) is 10.2 Å². The largest absolute Gasteiger partial charge is 0.477 e. The molecule has 1 N–H and O–H groups in total. The standard InChI is InChI=1S/C19H20N2O5/c1-12-7-16(22)17(10-25-12)26-11-18(23)21-9-14-6-4-3-5-13(14)8-15(21)19(24)20-2/h3-7,10,15H,8-9,11H2,1-2H3,(H,20,24). The van der Waals surface area contributed by atoms with Crippen LogP contribution in [0.3, 0.4) is 0 Å². The summed E-state index contributed by atoms with van der Waals surface area (Å²) in [4.78, 5) is 38.2. The van der Waals surface area contributed by atoms with Crippen molar-refractivity contribution in [3.05, 3.63) is 63.7 Å². The van der Waals surface area contributed by atoms with Gasteiger partial charge < -0.3 is 19.4 Å². The molecule has 7 nitrogen and oxygen atoms in total. The fourth-order valence-electron chi connectivity index (χ4n) is 3.01. The average molecular weight is 356 g/mol. The van der Waals surface area contributed by atoms with Gasteiger partial charge in [0.15, 0.2) is 6.61 Å². The second-order valence-corrected chi connectivity index (χ2v) is 6.13. The smallest absolute Gasteiger partial charge is 0.261 e. The van der Waals surface area contributed by atoms with Crippen molar-refractivity contribution in [2.75, 3.05) is 13.7 Å². The van der Waals surface area contributed by atoms with Crippen LogP contribution in [-0.4, -0.2) is 36.4 Å². The average Bonchev–Trinajstić information content (AvgIpc) is 2.65. The second kappa shape index (κ2) is 7.43. The molecule has 7 heteroatoms. The molecule has 1 atom stereocenters. The summed E-state index contributed by atoms with van der Waals surface area (Å²) in [5.41, 5.74) is 1.69. The van der Waals surface area contributed by atoms with Gasteiger partial charge in [0.05, 0.1) is 0 Å². The Morgan fingerprint density at radius 2 is 2.04 bits per heavy atom. The first-order valence-corrected chi connectivity index (χ1v) is 8.29. The molecule has 0 aliphatic carbocycles. The zero-order valence-electron chi connectivity index (χ0n) is 14.7. The fourth-order valence-corrected chi connectivity index (χ4v) is 3.01. The van der Waals surface area contributed by atoms with Gasteiger partial charge in [-0.05, 0) is 18.1 Å². The lowest BCUT2D eigenvalue weighted by Crippen LogP contribution is -2.53. The number of nitrogens with one attached hydrogen (secondary N) is 1. The number of hydrogen-bond acceptors (Lipinski definition) is 5. The molecule has 0 fully saturated rings. The molecule has 0 bridgehead atoms. The molecule has 2 amide bonds. The van der Waals surface area contributed by atoms with E-state index < -0.39 is 6.04 Å². The Bertz CT molecular complexity index is 889. The third kappa shape index (κ3) is 3.61. The molecular weight excluding hydrogens is 336 g/mol. The van der Waals surface area contributed by atoms with Gasteiger partial charge in [-0.15, -0.1) is 0 Å². The van der Waals surface area contributed by atoms with Gasteiger partial charge in [0.1, 0.15) is 18.1 Å². The molecule has 0 radical (unpaired) electrons. The lowest BCUT2D eigenvalue weighted by Gasteiger charge is -2.35. The van der Waals surface area contributed by atoms with Crippen molar-refractivity contribution in [2.24, 2.45) is 0 Å². The summed E-state index contributed by atoms with van der Waals surface area (Å²) in [6.45, 7) is 1.62. The Balaban J connectivity index is 1.77. The number of carbonyl (C=O) groups is 2. The number of nitrogens with zero attached hydrogens (tertiary/aromatic N) is 1. The van der Waals surface area contributed by atoms with E-state index in [0.29, 0.717) is 18.7 Å². The first kappa shape index (κ1) is 17.7. The van der Waals surface area contributed by atoms with Crippen molar-refractivity contribution >= 4 is 11.8 Å². The van der Waals surface area contributed by atoms with Gasteiger partial charge in [0, 0.05) is 26.1 Å². The molecule has 1 aromatic carbocycles. The number of amides is 2. The summed E-state index contributed by atoms with van der Waals surface area (Å²) in [5.74, 6) is -0.172. The van der Waals surface area contributed by atoms with E-state index >= 15 is 0 Å². The van der Waals surface area contributed by atoms with Crippen molar-refractivity contribution in [1.29, 1.82) is 0 Å². The van der Waals surface area contributed by atoms with Crippen LogP contribution in [0, 0.1) is 6.92 Å². The lowest BCUT2D eigenvalue weighted by molar-refractivity contribution is -0.143. The minimum atomic E-state index is -0.611. The second-order valence-electron chi connectivity index (χ2n) is 6.13. The Morgan fingerprint density at radius 1 is 1.31 bits per heavy atom.